The van der Waals surface area contributed by atoms with Gasteiger partial charge in [-0.1, -0.05) is 11.8 Å². The number of ether oxygens (including phenoxy) is 2. The third-order valence-corrected chi connectivity index (χ3v) is 4.20. The van der Waals surface area contributed by atoms with Crippen molar-refractivity contribution in [1.82, 2.24) is 14.8 Å². The smallest absolute Gasteiger partial charge is 0.195 e. The summed E-state index contributed by atoms with van der Waals surface area (Å²) >= 11 is 1.56. The summed E-state index contributed by atoms with van der Waals surface area (Å²) in [6.45, 7) is 2.63. The van der Waals surface area contributed by atoms with Gasteiger partial charge in [0.2, 0.25) is 0 Å². The molecule has 0 saturated heterocycles. The van der Waals surface area contributed by atoms with E-state index in [-0.39, 0.29) is 0 Å². The molecule has 0 spiro atoms. The van der Waals surface area contributed by atoms with E-state index in [0.29, 0.717) is 6.61 Å². The lowest BCUT2D eigenvalue weighted by Gasteiger charge is -2.11. The zero-order valence-corrected chi connectivity index (χ0v) is 14.7. The fourth-order valence-electron chi connectivity index (χ4n) is 2.42. The van der Waals surface area contributed by atoms with Crippen molar-refractivity contribution in [2.75, 3.05) is 20.0 Å². The molecule has 0 aliphatic carbocycles. The Morgan fingerprint density at radius 3 is 2.21 bits per heavy atom. The fraction of sp³-hybridized carbons (Fsp3) is 0.222. The van der Waals surface area contributed by atoms with Crippen LogP contribution in [0.4, 0.5) is 0 Å². The highest BCUT2D eigenvalue weighted by Crippen LogP contribution is 2.28. The minimum Gasteiger partial charge on any atom is -0.497 e. The van der Waals surface area contributed by atoms with Crippen molar-refractivity contribution in [2.45, 2.75) is 12.1 Å². The van der Waals surface area contributed by atoms with Gasteiger partial charge in [0.15, 0.2) is 11.0 Å². The molecule has 0 aliphatic rings. The second-order valence-corrected chi connectivity index (χ2v) is 5.77. The molecule has 0 bridgehead atoms. The van der Waals surface area contributed by atoms with Gasteiger partial charge in [-0.15, -0.1) is 10.2 Å². The Kier molecular flexibility index (Phi) is 5.05. The summed E-state index contributed by atoms with van der Waals surface area (Å²) in [6, 6.07) is 15.8. The largest absolute Gasteiger partial charge is 0.497 e. The second-order valence-electron chi connectivity index (χ2n) is 5.00. The van der Waals surface area contributed by atoms with Crippen LogP contribution in [0.25, 0.3) is 17.1 Å². The summed E-state index contributed by atoms with van der Waals surface area (Å²) in [5.41, 5.74) is 1.98. The van der Waals surface area contributed by atoms with Crippen LogP contribution in [0, 0.1) is 0 Å². The monoisotopic (exact) mass is 341 g/mol. The molecule has 0 radical (unpaired) electrons. The molecular formula is C18H19N3O2S. The second kappa shape index (κ2) is 7.40. The molecule has 1 heterocycles. The van der Waals surface area contributed by atoms with Crippen molar-refractivity contribution in [3.05, 3.63) is 48.5 Å². The summed E-state index contributed by atoms with van der Waals surface area (Å²) in [5.74, 6) is 2.47. The lowest BCUT2D eigenvalue weighted by atomic mass is 10.2. The van der Waals surface area contributed by atoms with Gasteiger partial charge in [-0.25, -0.2) is 0 Å². The first-order chi connectivity index (χ1) is 11.8. The van der Waals surface area contributed by atoms with Gasteiger partial charge in [0.1, 0.15) is 11.5 Å². The number of aromatic nitrogens is 3. The van der Waals surface area contributed by atoms with Crippen molar-refractivity contribution in [2.24, 2.45) is 0 Å². The van der Waals surface area contributed by atoms with Crippen LogP contribution in [0.2, 0.25) is 0 Å². The number of thioether (sulfide) groups is 1. The van der Waals surface area contributed by atoms with Crippen molar-refractivity contribution < 1.29 is 9.47 Å². The molecule has 1 aromatic heterocycles. The van der Waals surface area contributed by atoms with E-state index in [0.717, 1.165) is 33.7 Å². The Bertz CT molecular complexity index is 798. The van der Waals surface area contributed by atoms with Gasteiger partial charge in [-0.05, 0) is 61.7 Å². The molecule has 0 atom stereocenters. The average Bonchev–Trinajstić information content (AvgIpc) is 3.07. The molecule has 0 unspecified atom stereocenters. The highest BCUT2D eigenvalue weighted by Gasteiger charge is 2.15. The summed E-state index contributed by atoms with van der Waals surface area (Å²) in [6.07, 6.45) is 1.99. The molecule has 5 nitrogen and oxygen atoms in total. The quantitative estimate of drug-likeness (QED) is 0.633. The number of nitrogens with zero attached hydrogens (tertiary/aromatic N) is 3. The minimum absolute atomic E-state index is 0.652. The van der Waals surface area contributed by atoms with E-state index < -0.39 is 0 Å². The van der Waals surface area contributed by atoms with Crippen LogP contribution in [0.1, 0.15) is 6.92 Å². The predicted molar refractivity (Wildman–Crippen MR) is 96.3 cm³/mol. The first-order valence-electron chi connectivity index (χ1n) is 7.64. The number of hydrogen-bond donors (Lipinski definition) is 0. The van der Waals surface area contributed by atoms with Crippen LogP contribution in [0.3, 0.4) is 0 Å². The van der Waals surface area contributed by atoms with E-state index in [2.05, 4.69) is 10.2 Å². The first-order valence-corrected chi connectivity index (χ1v) is 8.86. The Hall–Kier alpha value is -2.47. The Morgan fingerprint density at radius 1 is 0.958 bits per heavy atom. The predicted octanol–water partition coefficient (Wildman–Crippen LogP) is 4.06. The molecule has 24 heavy (non-hydrogen) atoms. The maximum atomic E-state index is 5.52. The van der Waals surface area contributed by atoms with Gasteiger partial charge in [-0.2, -0.15) is 0 Å². The lowest BCUT2D eigenvalue weighted by Crippen LogP contribution is -2.00. The van der Waals surface area contributed by atoms with Crippen LogP contribution in [0.15, 0.2) is 53.7 Å². The maximum absolute atomic E-state index is 5.52. The number of benzene rings is 2. The Morgan fingerprint density at radius 2 is 1.62 bits per heavy atom. The van der Waals surface area contributed by atoms with E-state index in [1.165, 1.54) is 0 Å². The van der Waals surface area contributed by atoms with Crippen molar-refractivity contribution in [3.63, 3.8) is 0 Å². The van der Waals surface area contributed by atoms with Crippen LogP contribution < -0.4 is 9.47 Å². The molecule has 124 valence electrons. The van der Waals surface area contributed by atoms with E-state index in [1.807, 2.05) is 66.3 Å². The molecule has 3 rings (SSSR count). The number of rotatable bonds is 6. The molecule has 2 aromatic carbocycles. The zero-order valence-electron chi connectivity index (χ0n) is 13.9. The van der Waals surface area contributed by atoms with Crippen LogP contribution in [-0.4, -0.2) is 34.7 Å². The standard InChI is InChI=1S/C18H19N3O2S/c1-4-23-16-11-7-14(8-12-16)21-17(19-20-18(21)24-3)13-5-9-15(22-2)10-6-13/h5-12H,4H2,1-3H3. The molecule has 3 aromatic rings. The van der Waals surface area contributed by atoms with Crippen LogP contribution in [-0.2, 0) is 0 Å². The normalized spacial score (nSPS) is 10.6. The van der Waals surface area contributed by atoms with Gasteiger partial charge >= 0.3 is 0 Å². The molecule has 6 heteroatoms. The van der Waals surface area contributed by atoms with E-state index in [4.69, 9.17) is 9.47 Å². The molecule has 0 amide bonds. The van der Waals surface area contributed by atoms with Crippen molar-refractivity contribution in [1.29, 1.82) is 0 Å². The van der Waals surface area contributed by atoms with E-state index in [1.54, 1.807) is 18.9 Å². The molecule has 0 aliphatic heterocycles. The lowest BCUT2D eigenvalue weighted by molar-refractivity contribution is 0.340. The van der Waals surface area contributed by atoms with E-state index in [9.17, 15) is 0 Å². The van der Waals surface area contributed by atoms with Crippen LogP contribution in [0.5, 0.6) is 11.5 Å². The SMILES string of the molecule is CCOc1ccc(-n2c(SC)nnc2-c2ccc(OC)cc2)cc1. The van der Waals surface area contributed by atoms with Gasteiger partial charge in [0.25, 0.3) is 0 Å². The maximum Gasteiger partial charge on any atom is 0.195 e. The summed E-state index contributed by atoms with van der Waals surface area (Å²) < 4.78 is 12.8. The van der Waals surface area contributed by atoms with Gasteiger partial charge in [0, 0.05) is 11.3 Å². The number of methoxy groups -OCH3 is 1. The molecular weight excluding hydrogens is 322 g/mol. The van der Waals surface area contributed by atoms with Gasteiger partial charge in [-0.3, -0.25) is 4.57 Å². The van der Waals surface area contributed by atoms with E-state index >= 15 is 0 Å². The number of hydrogen-bond acceptors (Lipinski definition) is 5. The average molecular weight is 341 g/mol. The summed E-state index contributed by atoms with van der Waals surface area (Å²) in [5, 5.41) is 9.51. The fourth-order valence-corrected chi connectivity index (χ4v) is 2.92. The first kappa shape index (κ1) is 16.4. The Balaban J connectivity index is 2.04. The topological polar surface area (TPSA) is 49.2 Å². The summed E-state index contributed by atoms with van der Waals surface area (Å²) in [4.78, 5) is 0. The molecule has 0 N–H and O–H groups in total. The third kappa shape index (κ3) is 3.23. The highest BCUT2D eigenvalue weighted by molar-refractivity contribution is 7.98. The minimum atomic E-state index is 0.652. The van der Waals surface area contributed by atoms with Crippen molar-refractivity contribution >= 4 is 11.8 Å². The zero-order chi connectivity index (χ0) is 16.9. The van der Waals surface area contributed by atoms with Gasteiger partial charge in [0.05, 0.1) is 13.7 Å². The summed E-state index contributed by atoms with van der Waals surface area (Å²) in [7, 11) is 1.66. The van der Waals surface area contributed by atoms with Gasteiger partial charge < -0.3 is 9.47 Å². The molecule has 0 fully saturated rings. The highest BCUT2D eigenvalue weighted by atomic mass is 32.2. The third-order valence-electron chi connectivity index (χ3n) is 3.57. The van der Waals surface area contributed by atoms with Crippen molar-refractivity contribution in [3.8, 4) is 28.6 Å². The van der Waals surface area contributed by atoms with Crippen LogP contribution >= 0.6 is 11.8 Å². The molecule has 0 saturated carbocycles. The Labute approximate surface area is 145 Å².